The summed E-state index contributed by atoms with van der Waals surface area (Å²) in [6.45, 7) is 0.766. The Hall–Kier alpha value is -0.250. The molecule has 1 saturated carbocycles. The Morgan fingerprint density at radius 1 is 1.30 bits per heavy atom. The number of alkyl halides is 3. The van der Waals surface area contributed by atoms with Crippen molar-refractivity contribution in [1.82, 2.24) is 5.32 Å². The molecule has 2 aliphatic rings. The fourth-order valence-corrected chi connectivity index (χ4v) is 1.87. The summed E-state index contributed by atoms with van der Waals surface area (Å²) >= 11 is 0. The Labute approximate surface area is 56.6 Å². The smallest absolute Gasteiger partial charge is 0.313 e. The second kappa shape index (κ2) is 1.67. The van der Waals surface area contributed by atoms with Gasteiger partial charge in [-0.3, -0.25) is 0 Å². The topological polar surface area (TPSA) is 12.0 Å². The summed E-state index contributed by atoms with van der Waals surface area (Å²) in [6, 6.07) is -0.236. The van der Waals surface area contributed by atoms with Crippen molar-refractivity contribution in [1.29, 1.82) is 0 Å². The van der Waals surface area contributed by atoms with Crippen LogP contribution in [0, 0.1) is 11.8 Å². The van der Waals surface area contributed by atoms with Gasteiger partial charge in [-0.1, -0.05) is 0 Å². The predicted octanol–water partition coefficient (Wildman–Crippen LogP) is 1.16. The van der Waals surface area contributed by atoms with Crippen molar-refractivity contribution in [3.8, 4) is 0 Å². The molecule has 0 spiro atoms. The fourth-order valence-electron chi connectivity index (χ4n) is 1.87. The van der Waals surface area contributed by atoms with Crippen LogP contribution in [0.2, 0.25) is 0 Å². The number of rotatable bonds is 0. The molecule has 0 unspecified atom stereocenters. The van der Waals surface area contributed by atoms with E-state index < -0.39 is 12.1 Å². The lowest BCUT2D eigenvalue weighted by atomic mass is 10.2. The third-order valence-electron chi connectivity index (χ3n) is 2.40. The van der Waals surface area contributed by atoms with E-state index in [1.807, 2.05) is 0 Å². The lowest BCUT2D eigenvalue weighted by Crippen LogP contribution is -2.24. The quantitative estimate of drug-likeness (QED) is 0.547. The third-order valence-corrected chi connectivity index (χ3v) is 2.40. The van der Waals surface area contributed by atoms with Gasteiger partial charge in [0.25, 0.3) is 0 Å². The highest BCUT2D eigenvalue weighted by atomic mass is 19.4. The molecule has 1 N–H and O–H groups in total. The number of nitrogens with one attached hydrogen (secondary N) is 1. The maximum absolute atomic E-state index is 11.9. The van der Waals surface area contributed by atoms with Gasteiger partial charge in [0.15, 0.2) is 0 Å². The summed E-state index contributed by atoms with van der Waals surface area (Å²) in [7, 11) is 0. The minimum atomic E-state index is -3.96. The van der Waals surface area contributed by atoms with Gasteiger partial charge in [0.2, 0.25) is 0 Å². The second-order valence-corrected chi connectivity index (χ2v) is 3.00. The second-order valence-electron chi connectivity index (χ2n) is 3.00. The molecule has 1 heterocycles. The predicted molar refractivity (Wildman–Crippen MR) is 29.4 cm³/mol. The minimum absolute atomic E-state index is 0.0972. The van der Waals surface area contributed by atoms with Crippen LogP contribution in [0.15, 0.2) is 0 Å². The van der Waals surface area contributed by atoms with E-state index in [1.165, 1.54) is 0 Å². The highest BCUT2D eigenvalue weighted by Gasteiger charge is 2.65. The van der Waals surface area contributed by atoms with Crippen LogP contribution in [0.4, 0.5) is 13.2 Å². The molecule has 2 rings (SSSR count). The van der Waals surface area contributed by atoms with Crippen LogP contribution in [-0.2, 0) is 0 Å². The number of piperidine rings is 1. The Kier molecular flexibility index (Phi) is 1.08. The molecule has 3 atom stereocenters. The van der Waals surface area contributed by atoms with Gasteiger partial charge in [0, 0.05) is 6.04 Å². The van der Waals surface area contributed by atoms with E-state index in [4.69, 9.17) is 0 Å². The first-order valence-electron chi connectivity index (χ1n) is 3.41. The SMILES string of the molecule is FC(F)(F)[C@H]1[C@@H]2CCN[C@@H]21. The fraction of sp³-hybridized carbons (Fsp3) is 1.00. The maximum Gasteiger partial charge on any atom is 0.393 e. The lowest BCUT2D eigenvalue weighted by Gasteiger charge is -2.07. The highest BCUT2D eigenvalue weighted by Crippen LogP contribution is 2.54. The number of hydrogen-bond acceptors (Lipinski definition) is 1. The summed E-state index contributed by atoms with van der Waals surface area (Å²) in [6.07, 6.45) is -3.25. The van der Waals surface area contributed by atoms with Crippen LogP contribution in [0.25, 0.3) is 0 Å². The van der Waals surface area contributed by atoms with E-state index in [1.54, 1.807) is 0 Å². The van der Waals surface area contributed by atoms with Crippen molar-refractivity contribution in [3.05, 3.63) is 0 Å². The van der Waals surface area contributed by atoms with Crippen molar-refractivity contribution in [3.63, 3.8) is 0 Å². The molecule has 0 aromatic carbocycles. The molecule has 1 saturated heterocycles. The van der Waals surface area contributed by atoms with Crippen molar-refractivity contribution < 1.29 is 13.2 Å². The van der Waals surface area contributed by atoms with Crippen LogP contribution >= 0.6 is 0 Å². The molecule has 0 radical (unpaired) electrons. The molecule has 1 aliphatic heterocycles. The zero-order valence-corrected chi connectivity index (χ0v) is 5.28. The number of halogens is 3. The molecule has 4 heteroatoms. The van der Waals surface area contributed by atoms with Gasteiger partial charge in [0.05, 0.1) is 5.92 Å². The first kappa shape index (κ1) is 6.46. The Bertz CT molecular complexity index is 144. The van der Waals surface area contributed by atoms with Gasteiger partial charge in [-0.25, -0.2) is 0 Å². The Morgan fingerprint density at radius 3 is 2.30 bits per heavy atom. The van der Waals surface area contributed by atoms with Crippen LogP contribution in [-0.4, -0.2) is 18.8 Å². The average molecular weight is 151 g/mol. The zero-order chi connectivity index (χ0) is 7.35. The van der Waals surface area contributed by atoms with Gasteiger partial charge in [0.1, 0.15) is 0 Å². The highest BCUT2D eigenvalue weighted by molar-refractivity contribution is 5.10. The molecule has 0 aromatic rings. The first-order valence-corrected chi connectivity index (χ1v) is 3.41. The molecule has 2 fully saturated rings. The minimum Gasteiger partial charge on any atom is -0.313 e. The molecule has 0 amide bonds. The molecule has 58 valence electrons. The zero-order valence-electron chi connectivity index (χ0n) is 5.28. The monoisotopic (exact) mass is 151 g/mol. The van der Waals surface area contributed by atoms with Crippen molar-refractivity contribution in [2.24, 2.45) is 11.8 Å². The maximum atomic E-state index is 11.9. The first-order chi connectivity index (χ1) is 4.61. The molecule has 1 aliphatic carbocycles. The normalized spacial score (nSPS) is 45.3. The summed E-state index contributed by atoms with van der Waals surface area (Å²) in [5, 5.41) is 2.83. The average Bonchev–Trinajstić information content (AvgIpc) is 2.30. The van der Waals surface area contributed by atoms with Crippen LogP contribution in [0.5, 0.6) is 0 Å². The summed E-state index contributed by atoms with van der Waals surface area (Å²) in [5.41, 5.74) is 0. The standard InChI is InChI=1S/C6H8F3N/c7-6(8,9)4-3-1-2-10-5(3)4/h3-5,10H,1-2H2/t3-,4-,5-/m0/s1. The van der Waals surface area contributed by atoms with Crippen LogP contribution < -0.4 is 5.32 Å². The van der Waals surface area contributed by atoms with E-state index in [0.717, 1.165) is 6.54 Å². The van der Waals surface area contributed by atoms with Gasteiger partial charge in [-0.15, -0.1) is 0 Å². The van der Waals surface area contributed by atoms with Gasteiger partial charge < -0.3 is 5.32 Å². The van der Waals surface area contributed by atoms with Crippen molar-refractivity contribution in [2.75, 3.05) is 6.54 Å². The van der Waals surface area contributed by atoms with Crippen LogP contribution in [0.1, 0.15) is 6.42 Å². The van der Waals surface area contributed by atoms with E-state index in [-0.39, 0.29) is 12.0 Å². The summed E-state index contributed by atoms with van der Waals surface area (Å²) < 4.78 is 35.8. The van der Waals surface area contributed by atoms with Gasteiger partial charge in [-0.05, 0) is 18.9 Å². The summed E-state index contributed by atoms with van der Waals surface area (Å²) in [5.74, 6) is -1.12. The van der Waals surface area contributed by atoms with E-state index in [9.17, 15) is 13.2 Å². The third kappa shape index (κ3) is 0.746. The van der Waals surface area contributed by atoms with Crippen LogP contribution in [0.3, 0.4) is 0 Å². The van der Waals surface area contributed by atoms with Gasteiger partial charge in [-0.2, -0.15) is 13.2 Å². The molecular weight excluding hydrogens is 143 g/mol. The Morgan fingerprint density at radius 2 is 2.00 bits per heavy atom. The van der Waals surface area contributed by atoms with E-state index >= 15 is 0 Å². The summed E-state index contributed by atoms with van der Waals surface area (Å²) in [4.78, 5) is 0. The van der Waals surface area contributed by atoms with E-state index in [2.05, 4.69) is 5.32 Å². The van der Waals surface area contributed by atoms with E-state index in [0.29, 0.717) is 6.42 Å². The molecule has 10 heavy (non-hydrogen) atoms. The molecule has 0 bridgehead atoms. The molecular formula is C6H8F3N. The molecule has 0 aromatic heterocycles. The van der Waals surface area contributed by atoms with Crippen molar-refractivity contribution in [2.45, 2.75) is 18.6 Å². The van der Waals surface area contributed by atoms with Gasteiger partial charge >= 0.3 is 6.18 Å². The number of hydrogen-bond donors (Lipinski definition) is 1. The Balaban J connectivity index is 2.01. The van der Waals surface area contributed by atoms with Crippen molar-refractivity contribution >= 4 is 0 Å². The number of fused-ring (bicyclic) bond motifs is 1. The molecule has 1 nitrogen and oxygen atoms in total. The largest absolute Gasteiger partial charge is 0.393 e. The lowest BCUT2D eigenvalue weighted by molar-refractivity contribution is -0.153.